The molecule has 1 unspecified atom stereocenters. The molecule has 1 aliphatic rings. The predicted octanol–water partition coefficient (Wildman–Crippen LogP) is 1.93. The number of nitrogens with zero attached hydrogens (tertiary/aromatic N) is 1. The van der Waals surface area contributed by atoms with Crippen LogP contribution in [0.1, 0.15) is 0 Å². The first-order valence-electron chi connectivity index (χ1n) is 4.47. The molecule has 1 heterocycles. The molecule has 1 aliphatic heterocycles. The molecule has 0 aromatic rings. The molecule has 88 valence electrons. The number of aliphatic imine (C=N–C) groups is 1. The van der Waals surface area contributed by atoms with Gasteiger partial charge < -0.3 is 10.5 Å². The van der Waals surface area contributed by atoms with E-state index in [9.17, 15) is 13.2 Å². The van der Waals surface area contributed by atoms with E-state index < -0.39 is 24.4 Å². The van der Waals surface area contributed by atoms with Gasteiger partial charge in [-0.3, -0.25) is 0 Å². The maximum Gasteiger partial charge on any atom is 0.282 e. The highest BCUT2D eigenvalue weighted by Gasteiger charge is 2.22. The van der Waals surface area contributed by atoms with Crippen LogP contribution in [-0.2, 0) is 4.74 Å². The third-order valence-electron chi connectivity index (χ3n) is 1.91. The highest BCUT2D eigenvalue weighted by atomic mass is 19.2. The zero-order valence-corrected chi connectivity index (χ0v) is 8.42. The van der Waals surface area contributed by atoms with Crippen molar-refractivity contribution in [1.82, 2.24) is 0 Å². The van der Waals surface area contributed by atoms with Crippen LogP contribution in [0.25, 0.3) is 0 Å². The van der Waals surface area contributed by atoms with Crippen molar-refractivity contribution in [2.45, 2.75) is 6.04 Å². The van der Waals surface area contributed by atoms with Crippen LogP contribution in [-0.4, -0.2) is 25.3 Å². The maximum atomic E-state index is 13.2. The van der Waals surface area contributed by atoms with Crippen molar-refractivity contribution < 1.29 is 17.9 Å². The Balaban J connectivity index is 2.94. The van der Waals surface area contributed by atoms with Gasteiger partial charge in [-0.25, -0.2) is 18.2 Å². The lowest BCUT2D eigenvalue weighted by molar-refractivity contribution is 0.322. The lowest BCUT2D eigenvalue weighted by Gasteiger charge is -2.07. The van der Waals surface area contributed by atoms with Crippen molar-refractivity contribution in [3.8, 4) is 0 Å². The molecule has 0 amide bonds. The highest BCUT2D eigenvalue weighted by molar-refractivity contribution is 5.73. The number of nitrogens with two attached hydrogens (primary N) is 1. The van der Waals surface area contributed by atoms with E-state index in [4.69, 9.17) is 10.5 Å². The van der Waals surface area contributed by atoms with Gasteiger partial charge in [0.1, 0.15) is 31.0 Å². The summed E-state index contributed by atoms with van der Waals surface area (Å²) in [5.41, 5.74) is 5.14. The number of alkyl halides is 1. The van der Waals surface area contributed by atoms with Crippen LogP contribution >= 0.6 is 0 Å². The number of hydrogen-bond acceptors (Lipinski definition) is 3. The molecule has 1 atom stereocenters. The number of ether oxygens (including phenoxy) is 1. The Hall–Kier alpha value is -1.72. The Morgan fingerprint density at radius 2 is 2.25 bits per heavy atom. The summed E-state index contributed by atoms with van der Waals surface area (Å²) in [5.74, 6) is -1.79. The van der Waals surface area contributed by atoms with E-state index in [0.717, 1.165) is 12.2 Å². The summed E-state index contributed by atoms with van der Waals surface area (Å²) in [6, 6.07) is -0.840. The average molecular weight is 232 g/mol. The molecule has 0 spiro atoms. The van der Waals surface area contributed by atoms with E-state index in [1.54, 1.807) is 0 Å². The Labute approximate surface area is 90.8 Å². The molecule has 0 saturated heterocycles. The second kappa shape index (κ2) is 5.39. The Kier molecular flexibility index (Phi) is 4.16. The second-order valence-electron chi connectivity index (χ2n) is 3.07. The Bertz CT molecular complexity index is 374. The van der Waals surface area contributed by atoms with Crippen LogP contribution < -0.4 is 5.73 Å². The lowest BCUT2D eigenvalue weighted by atomic mass is 10.1. The largest absolute Gasteiger partial charge is 0.463 e. The van der Waals surface area contributed by atoms with E-state index in [1.165, 1.54) is 0 Å². The average Bonchev–Trinajstić information content (AvgIpc) is 2.64. The van der Waals surface area contributed by atoms with E-state index in [2.05, 4.69) is 11.6 Å². The van der Waals surface area contributed by atoms with Crippen LogP contribution in [0.2, 0.25) is 0 Å². The minimum absolute atomic E-state index is 0.0116. The third kappa shape index (κ3) is 3.15. The van der Waals surface area contributed by atoms with Gasteiger partial charge in [0.05, 0.1) is 0 Å². The maximum absolute atomic E-state index is 13.2. The van der Waals surface area contributed by atoms with Crippen LogP contribution in [0, 0.1) is 0 Å². The van der Waals surface area contributed by atoms with Crippen molar-refractivity contribution in [2.24, 2.45) is 10.7 Å². The predicted molar refractivity (Wildman–Crippen MR) is 54.9 cm³/mol. The van der Waals surface area contributed by atoms with Crippen LogP contribution in [0.5, 0.6) is 0 Å². The topological polar surface area (TPSA) is 47.6 Å². The normalized spacial score (nSPS) is 21.7. The minimum Gasteiger partial charge on any atom is -0.463 e. The van der Waals surface area contributed by atoms with Crippen LogP contribution in [0.4, 0.5) is 13.2 Å². The van der Waals surface area contributed by atoms with Gasteiger partial charge in [-0.05, 0) is 6.08 Å². The molecule has 0 aromatic carbocycles. The van der Waals surface area contributed by atoms with E-state index in [0.29, 0.717) is 0 Å². The minimum atomic E-state index is -1.29. The smallest absolute Gasteiger partial charge is 0.282 e. The molecule has 0 saturated carbocycles. The molecule has 2 N–H and O–H groups in total. The molecule has 0 aromatic heterocycles. The summed E-state index contributed by atoms with van der Waals surface area (Å²) in [5, 5.41) is 0. The summed E-state index contributed by atoms with van der Waals surface area (Å²) in [6.07, 6.45) is 2.00. The van der Waals surface area contributed by atoms with Gasteiger partial charge in [0, 0.05) is 5.57 Å². The first-order chi connectivity index (χ1) is 7.54. The van der Waals surface area contributed by atoms with Gasteiger partial charge in [-0.15, -0.1) is 0 Å². The number of rotatable bonds is 4. The molecule has 0 radical (unpaired) electrons. The SMILES string of the molecule is C=C(F)/C=C\C(=C(\F)CF)C1COC(N)=N1. The van der Waals surface area contributed by atoms with E-state index >= 15 is 0 Å². The fourth-order valence-electron chi connectivity index (χ4n) is 1.19. The molecule has 16 heavy (non-hydrogen) atoms. The van der Waals surface area contributed by atoms with Crippen molar-refractivity contribution in [1.29, 1.82) is 0 Å². The van der Waals surface area contributed by atoms with E-state index in [-0.39, 0.29) is 18.2 Å². The van der Waals surface area contributed by atoms with Gasteiger partial charge in [-0.2, -0.15) is 0 Å². The van der Waals surface area contributed by atoms with Crippen molar-refractivity contribution in [2.75, 3.05) is 13.3 Å². The zero-order valence-electron chi connectivity index (χ0n) is 8.42. The fraction of sp³-hybridized carbons (Fsp3) is 0.300. The summed E-state index contributed by atoms with van der Waals surface area (Å²) in [6.45, 7) is 1.69. The number of amidine groups is 1. The molecule has 0 fully saturated rings. The molecular weight excluding hydrogens is 221 g/mol. The van der Waals surface area contributed by atoms with Gasteiger partial charge in [0.2, 0.25) is 0 Å². The fourth-order valence-corrected chi connectivity index (χ4v) is 1.19. The highest BCUT2D eigenvalue weighted by Crippen LogP contribution is 2.20. The Morgan fingerprint density at radius 3 is 2.69 bits per heavy atom. The standard InChI is InChI=1S/C10H11F3N2O/c1-6(12)2-3-7(8(13)4-11)9-5-16-10(14)15-9/h2-3,9H,1,4-5H2,(H2,14,15)/b3-2-,8-7-. The third-order valence-corrected chi connectivity index (χ3v) is 1.91. The second-order valence-corrected chi connectivity index (χ2v) is 3.07. The number of hydrogen-bond donors (Lipinski definition) is 1. The zero-order chi connectivity index (χ0) is 12.1. The molecular formula is C10H11F3N2O. The number of halogens is 3. The monoisotopic (exact) mass is 232 g/mol. The van der Waals surface area contributed by atoms with E-state index in [1.807, 2.05) is 0 Å². The summed E-state index contributed by atoms with van der Waals surface area (Å²) < 4.78 is 42.6. The molecule has 0 aliphatic carbocycles. The van der Waals surface area contributed by atoms with Gasteiger partial charge >= 0.3 is 0 Å². The molecule has 1 rings (SSSR count). The summed E-state index contributed by atoms with van der Waals surface area (Å²) in [7, 11) is 0. The first kappa shape index (κ1) is 12.4. The lowest BCUT2D eigenvalue weighted by Crippen LogP contribution is -2.11. The summed E-state index contributed by atoms with van der Waals surface area (Å²) >= 11 is 0. The van der Waals surface area contributed by atoms with Gasteiger partial charge in [0.25, 0.3) is 6.02 Å². The molecule has 6 heteroatoms. The molecule has 3 nitrogen and oxygen atoms in total. The van der Waals surface area contributed by atoms with Crippen molar-refractivity contribution in [3.63, 3.8) is 0 Å². The summed E-state index contributed by atoms with van der Waals surface area (Å²) in [4.78, 5) is 3.74. The van der Waals surface area contributed by atoms with Crippen molar-refractivity contribution >= 4 is 6.02 Å². The van der Waals surface area contributed by atoms with Crippen molar-refractivity contribution in [3.05, 3.63) is 36.0 Å². The van der Waals surface area contributed by atoms with Gasteiger partial charge in [0.15, 0.2) is 0 Å². The Morgan fingerprint density at radius 1 is 1.56 bits per heavy atom. The molecule has 0 bridgehead atoms. The quantitative estimate of drug-likeness (QED) is 0.753. The number of allylic oxidation sites excluding steroid dienone is 3. The van der Waals surface area contributed by atoms with Crippen LogP contribution in [0.3, 0.4) is 0 Å². The van der Waals surface area contributed by atoms with Gasteiger partial charge in [-0.1, -0.05) is 12.7 Å². The first-order valence-corrected chi connectivity index (χ1v) is 4.47. The van der Waals surface area contributed by atoms with Crippen LogP contribution in [0.15, 0.2) is 41.0 Å².